The van der Waals surface area contributed by atoms with Gasteiger partial charge in [-0.2, -0.15) is 0 Å². The van der Waals surface area contributed by atoms with Gasteiger partial charge in [0.05, 0.1) is 23.3 Å². The Labute approximate surface area is 164 Å². The van der Waals surface area contributed by atoms with E-state index in [0.29, 0.717) is 5.76 Å². The summed E-state index contributed by atoms with van der Waals surface area (Å²) in [4.78, 5) is 23.9. The molecule has 28 heavy (non-hydrogen) atoms. The molecule has 0 fully saturated rings. The minimum absolute atomic E-state index is 0.0137. The number of ether oxygens (including phenoxy) is 1. The number of nitrogens with one attached hydrogen (secondary N) is 2. The highest BCUT2D eigenvalue weighted by molar-refractivity contribution is 7.89. The summed E-state index contributed by atoms with van der Waals surface area (Å²) >= 11 is 0. The third-order valence-corrected chi connectivity index (χ3v) is 5.48. The molecular weight excluding hydrogens is 384 g/mol. The summed E-state index contributed by atoms with van der Waals surface area (Å²) in [6.45, 7) is 3.46. The van der Waals surface area contributed by atoms with Gasteiger partial charge in [-0.3, -0.25) is 4.79 Å². The summed E-state index contributed by atoms with van der Waals surface area (Å²) in [5, 5.41) is 2.76. The van der Waals surface area contributed by atoms with Gasteiger partial charge in [-0.05, 0) is 43.2 Å². The Kier molecular flexibility index (Phi) is 7.77. The Morgan fingerprint density at radius 1 is 1.14 bits per heavy atom. The van der Waals surface area contributed by atoms with Crippen molar-refractivity contribution in [3.63, 3.8) is 0 Å². The van der Waals surface area contributed by atoms with Crippen LogP contribution in [0.25, 0.3) is 0 Å². The number of esters is 1. The fourth-order valence-corrected chi connectivity index (χ4v) is 3.47. The Morgan fingerprint density at radius 3 is 2.54 bits per heavy atom. The second-order valence-electron chi connectivity index (χ2n) is 6.09. The van der Waals surface area contributed by atoms with Crippen LogP contribution in [0.1, 0.15) is 42.8 Å². The zero-order valence-electron chi connectivity index (χ0n) is 15.8. The number of carbonyl (C=O) groups is 2. The fraction of sp³-hybridized carbons (Fsp3) is 0.368. The van der Waals surface area contributed by atoms with Crippen molar-refractivity contribution in [2.24, 2.45) is 0 Å². The van der Waals surface area contributed by atoms with Crippen molar-refractivity contribution >= 4 is 21.9 Å². The van der Waals surface area contributed by atoms with Crippen molar-refractivity contribution < 1.29 is 27.2 Å². The number of hydrogen-bond acceptors (Lipinski definition) is 6. The zero-order chi connectivity index (χ0) is 20.6. The number of sulfonamides is 1. The van der Waals surface area contributed by atoms with Crippen molar-refractivity contribution in [3.8, 4) is 0 Å². The second-order valence-corrected chi connectivity index (χ2v) is 7.86. The maximum atomic E-state index is 12.4. The number of amides is 1. The first-order chi connectivity index (χ1) is 13.4. The van der Waals surface area contributed by atoms with E-state index < -0.39 is 28.5 Å². The molecule has 0 aliphatic carbocycles. The molecule has 0 bridgehead atoms. The van der Waals surface area contributed by atoms with Crippen LogP contribution in [0.5, 0.6) is 0 Å². The second kappa shape index (κ2) is 10.0. The van der Waals surface area contributed by atoms with Crippen LogP contribution in [-0.2, 0) is 26.1 Å². The fourth-order valence-electron chi connectivity index (χ4n) is 2.43. The lowest BCUT2D eigenvalue weighted by Gasteiger charge is -2.14. The number of hydrogen-bond donors (Lipinski definition) is 2. The average Bonchev–Trinajstić information content (AvgIpc) is 3.22. The van der Waals surface area contributed by atoms with E-state index in [9.17, 15) is 18.0 Å². The first-order valence-electron chi connectivity index (χ1n) is 8.94. The molecule has 2 aromatic rings. The lowest BCUT2D eigenvalue weighted by Crippen LogP contribution is -2.36. The summed E-state index contributed by atoms with van der Waals surface area (Å²) in [5.74, 6) is -0.712. The van der Waals surface area contributed by atoms with E-state index >= 15 is 0 Å². The molecular formula is C19H24N2O6S. The van der Waals surface area contributed by atoms with E-state index in [0.717, 1.165) is 12.8 Å². The molecule has 0 saturated heterocycles. The topological polar surface area (TPSA) is 115 Å². The van der Waals surface area contributed by atoms with Crippen LogP contribution in [0, 0.1) is 0 Å². The summed E-state index contributed by atoms with van der Waals surface area (Å²) in [6, 6.07) is 8.74. The van der Waals surface area contributed by atoms with Crippen molar-refractivity contribution in [1.29, 1.82) is 0 Å². The summed E-state index contributed by atoms with van der Waals surface area (Å²) in [6.07, 6.45) is 3.00. The molecule has 0 radical (unpaired) electrons. The van der Waals surface area contributed by atoms with Crippen LogP contribution in [0.4, 0.5) is 0 Å². The lowest BCUT2D eigenvalue weighted by atomic mass is 10.2. The van der Waals surface area contributed by atoms with Gasteiger partial charge in [-0.25, -0.2) is 17.9 Å². The van der Waals surface area contributed by atoms with Gasteiger partial charge in [0.1, 0.15) is 5.76 Å². The molecule has 1 aromatic heterocycles. The first-order valence-corrected chi connectivity index (χ1v) is 10.4. The van der Waals surface area contributed by atoms with Gasteiger partial charge in [0.2, 0.25) is 10.0 Å². The highest BCUT2D eigenvalue weighted by Gasteiger charge is 2.18. The van der Waals surface area contributed by atoms with Gasteiger partial charge in [0.15, 0.2) is 6.61 Å². The Balaban J connectivity index is 1.97. The van der Waals surface area contributed by atoms with Gasteiger partial charge in [-0.1, -0.05) is 19.9 Å². The van der Waals surface area contributed by atoms with E-state index in [1.807, 2.05) is 13.8 Å². The lowest BCUT2D eigenvalue weighted by molar-refractivity contribution is -0.125. The maximum Gasteiger partial charge on any atom is 0.338 e. The molecule has 2 N–H and O–H groups in total. The standard InChI is InChI=1S/C19H24N2O6S/c1-3-15(4-2)21-18(22)13-27-19(23)14-7-5-9-17(11-14)28(24,25)20-12-16-8-6-10-26-16/h5-11,15,20H,3-4,12-13H2,1-2H3,(H,21,22). The highest BCUT2D eigenvalue weighted by Crippen LogP contribution is 2.13. The zero-order valence-corrected chi connectivity index (χ0v) is 16.6. The normalized spacial score (nSPS) is 11.4. The Hall–Kier alpha value is -2.65. The van der Waals surface area contributed by atoms with Crippen molar-refractivity contribution in [3.05, 3.63) is 54.0 Å². The molecule has 8 nitrogen and oxygen atoms in total. The molecule has 1 aromatic carbocycles. The Morgan fingerprint density at radius 2 is 1.89 bits per heavy atom. The monoisotopic (exact) mass is 408 g/mol. The molecule has 0 unspecified atom stereocenters. The average molecular weight is 408 g/mol. The van der Waals surface area contributed by atoms with Gasteiger partial charge < -0.3 is 14.5 Å². The van der Waals surface area contributed by atoms with Crippen LogP contribution in [0.15, 0.2) is 52.0 Å². The number of carbonyl (C=O) groups excluding carboxylic acids is 2. The van der Waals surface area contributed by atoms with Crippen LogP contribution in [0.2, 0.25) is 0 Å². The highest BCUT2D eigenvalue weighted by atomic mass is 32.2. The van der Waals surface area contributed by atoms with Crippen molar-refractivity contribution in [2.75, 3.05) is 6.61 Å². The van der Waals surface area contributed by atoms with Gasteiger partial charge >= 0.3 is 5.97 Å². The maximum absolute atomic E-state index is 12.4. The Bertz CT molecular complexity index is 889. The van der Waals surface area contributed by atoms with E-state index in [-0.39, 0.29) is 23.0 Å². The number of benzene rings is 1. The number of rotatable bonds is 10. The smallest absolute Gasteiger partial charge is 0.338 e. The molecule has 1 heterocycles. The van der Waals surface area contributed by atoms with E-state index in [1.165, 1.54) is 30.5 Å². The van der Waals surface area contributed by atoms with Crippen LogP contribution in [-0.4, -0.2) is 32.9 Å². The minimum Gasteiger partial charge on any atom is -0.468 e. The van der Waals surface area contributed by atoms with Crippen molar-refractivity contribution in [1.82, 2.24) is 10.0 Å². The molecule has 2 rings (SSSR count). The molecule has 0 aliphatic rings. The summed E-state index contributed by atoms with van der Waals surface area (Å²) < 4.78 is 37.2. The summed E-state index contributed by atoms with van der Waals surface area (Å²) in [7, 11) is -3.84. The largest absolute Gasteiger partial charge is 0.468 e. The molecule has 152 valence electrons. The van der Waals surface area contributed by atoms with Gasteiger partial charge in [-0.15, -0.1) is 0 Å². The van der Waals surface area contributed by atoms with E-state index in [4.69, 9.17) is 9.15 Å². The van der Waals surface area contributed by atoms with E-state index in [2.05, 4.69) is 10.0 Å². The van der Waals surface area contributed by atoms with Gasteiger partial charge in [0.25, 0.3) is 5.91 Å². The molecule has 1 amide bonds. The molecule has 9 heteroatoms. The third kappa shape index (κ3) is 6.21. The van der Waals surface area contributed by atoms with E-state index in [1.54, 1.807) is 12.1 Å². The first kappa shape index (κ1) is 21.6. The predicted molar refractivity (Wildman–Crippen MR) is 102 cm³/mol. The quantitative estimate of drug-likeness (QED) is 0.583. The van der Waals surface area contributed by atoms with Crippen LogP contribution < -0.4 is 10.0 Å². The van der Waals surface area contributed by atoms with Crippen LogP contribution in [0.3, 0.4) is 0 Å². The van der Waals surface area contributed by atoms with Gasteiger partial charge in [0, 0.05) is 6.04 Å². The SMILES string of the molecule is CCC(CC)NC(=O)COC(=O)c1cccc(S(=O)(=O)NCc2ccco2)c1. The minimum atomic E-state index is -3.84. The molecule has 0 spiro atoms. The molecule has 0 aliphatic heterocycles. The number of furan rings is 1. The molecule has 0 atom stereocenters. The van der Waals surface area contributed by atoms with Crippen molar-refractivity contribution in [2.45, 2.75) is 44.2 Å². The summed E-state index contributed by atoms with van der Waals surface area (Å²) in [5.41, 5.74) is 0.0382. The predicted octanol–water partition coefficient (Wildman–Crippen LogP) is 2.22. The third-order valence-electron chi connectivity index (χ3n) is 4.08. The molecule has 0 saturated carbocycles. The van der Waals surface area contributed by atoms with Crippen LogP contribution >= 0.6 is 0 Å².